The van der Waals surface area contributed by atoms with Gasteiger partial charge in [-0.2, -0.15) is 10.1 Å². The molecule has 50 valence electrons. The first kappa shape index (κ1) is 6.80. The summed E-state index contributed by atoms with van der Waals surface area (Å²) in [5, 5.41) is 8.02. The number of aromatic amines is 1. The largest absolute Gasteiger partial charge is 0.306 e. The van der Waals surface area contributed by atoms with Crippen LogP contribution in [0.1, 0.15) is 10.5 Å². The Morgan fingerprint density at radius 1 is 1.90 bits per heavy atom. The Bertz CT molecular complexity index is 273. The van der Waals surface area contributed by atoms with Crippen LogP contribution in [0.25, 0.3) is 0 Å². The molecule has 1 N–H and O–H groups in total. The second-order valence-electron chi connectivity index (χ2n) is 1.47. The molecule has 0 bridgehead atoms. The molecule has 1 aromatic heterocycles. The van der Waals surface area contributed by atoms with Crippen molar-refractivity contribution in [1.29, 1.82) is 0 Å². The number of aliphatic imine (C=N–C) groups is 1. The second kappa shape index (κ2) is 3.00. The molecule has 0 aliphatic rings. The van der Waals surface area contributed by atoms with Crippen LogP contribution in [0.5, 0.6) is 0 Å². The molecule has 0 fully saturated rings. The van der Waals surface area contributed by atoms with Crippen LogP contribution in [0, 0.1) is 0 Å². The minimum Gasteiger partial charge on any atom is -0.285 e. The van der Waals surface area contributed by atoms with E-state index in [0.29, 0.717) is 0 Å². The van der Waals surface area contributed by atoms with E-state index >= 15 is 0 Å². The third-order valence-corrected chi connectivity index (χ3v) is 0.958. The molecule has 1 amide bonds. The smallest absolute Gasteiger partial charge is 0.285 e. The molecule has 1 rings (SSSR count). The quantitative estimate of drug-likeness (QED) is 0.476. The first-order chi connectivity index (χ1) is 4.84. The molecule has 10 heavy (non-hydrogen) atoms. The van der Waals surface area contributed by atoms with E-state index in [9.17, 15) is 4.79 Å². The molecule has 0 saturated heterocycles. The normalized spacial score (nSPS) is 8.40. The van der Waals surface area contributed by atoms with Gasteiger partial charge in [0.25, 0.3) is 0 Å². The van der Waals surface area contributed by atoms with Gasteiger partial charge in [-0.1, -0.05) is 0 Å². The van der Waals surface area contributed by atoms with E-state index in [1.54, 1.807) is 0 Å². The number of nitrogens with one attached hydrogen (secondary N) is 1. The zero-order chi connectivity index (χ0) is 7.40. The Morgan fingerprint density at radius 2 is 2.70 bits per heavy atom. The molecule has 0 aliphatic carbocycles. The van der Waals surface area contributed by atoms with Crippen LogP contribution < -0.4 is 0 Å². The van der Waals surface area contributed by atoms with Gasteiger partial charge in [0.15, 0.2) is 5.69 Å². The van der Waals surface area contributed by atoms with Crippen LogP contribution in [0.4, 0.5) is 0 Å². The fraction of sp³-hybridized carbons (Fsp3) is 0. The second-order valence-corrected chi connectivity index (χ2v) is 1.65. The molecule has 0 saturated carbocycles. The van der Waals surface area contributed by atoms with Crippen LogP contribution in [0.3, 0.4) is 0 Å². The SMILES string of the molecule is O=C(N=C=S)c1cc[nH]n1. The van der Waals surface area contributed by atoms with Gasteiger partial charge in [-0.3, -0.25) is 9.89 Å². The van der Waals surface area contributed by atoms with Crippen LogP contribution in [0.15, 0.2) is 17.3 Å². The maximum atomic E-state index is 10.7. The molecule has 0 atom stereocenters. The summed E-state index contributed by atoms with van der Waals surface area (Å²) in [5.74, 6) is -0.476. The van der Waals surface area contributed by atoms with Gasteiger partial charge in [0.1, 0.15) is 0 Å². The third kappa shape index (κ3) is 1.34. The van der Waals surface area contributed by atoms with E-state index in [4.69, 9.17) is 0 Å². The van der Waals surface area contributed by atoms with E-state index in [1.807, 2.05) is 5.16 Å². The van der Waals surface area contributed by atoms with Crippen molar-refractivity contribution in [3.63, 3.8) is 0 Å². The predicted octanol–water partition coefficient (Wildman–Crippen LogP) is 0.653. The minimum atomic E-state index is -0.476. The average Bonchev–Trinajstić information content (AvgIpc) is 2.38. The number of carbonyl (C=O) groups excluding carboxylic acids is 1. The Morgan fingerprint density at radius 3 is 3.20 bits per heavy atom. The van der Waals surface area contributed by atoms with Gasteiger partial charge in [0.05, 0.1) is 5.16 Å². The van der Waals surface area contributed by atoms with Crippen LogP contribution >= 0.6 is 12.2 Å². The molecule has 0 radical (unpaired) electrons. The first-order valence-electron chi connectivity index (χ1n) is 2.46. The zero-order valence-corrected chi connectivity index (χ0v) is 5.68. The molecule has 4 nitrogen and oxygen atoms in total. The van der Waals surface area contributed by atoms with Crippen molar-refractivity contribution in [2.24, 2.45) is 4.99 Å². The number of H-pyrrole nitrogens is 1. The lowest BCUT2D eigenvalue weighted by Crippen LogP contribution is -1.93. The van der Waals surface area contributed by atoms with Crippen molar-refractivity contribution in [3.8, 4) is 0 Å². The molecule has 0 unspecified atom stereocenters. The summed E-state index contributed by atoms with van der Waals surface area (Å²) in [4.78, 5) is 13.9. The van der Waals surface area contributed by atoms with Gasteiger partial charge in [0.2, 0.25) is 0 Å². The summed E-state index contributed by atoms with van der Waals surface area (Å²) in [6.45, 7) is 0. The van der Waals surface area contributed by atoms with E-state index in [2.05, 4.69) is 27.4 Å². The van der Waals surface area contributed by atoms with E-state index in [1.165, 1.54) is 12.3 Å². The van der Waals surface area contributed by atoms with Gasteiger partial charge >= 0.3 is 5.91 Å². The van der Waals surface area contributed by atoms with Crippen LogP contribution in [0.2, 0.25) is 0 Å². The van der Waals surface area contributed by atoms with Crippen molar-refractivity contribution in [1.82, 2.24) is 10.2 Å². The summed E-state index contributed by atoms with van der Waals surface area (Å²) in [6.07, 6.45) is 1.53. The number of carbonyl (C=O) groups is 1. The lowest BCUT2D eigenvalue weighted by molar-refractivity contribution is 0.0999. The summed E-state index contributed by atoms with van der Waals surface area (Å²) in [7, 11) is 0. The van der Waals surface area contributed by atoms with Crippen molar-refractivity contribution < 1.29 is 4.79 Å². The summed E-state index contributed by atoms with van der Waals surface area (Å²) in [5.41, 5.74) is 0.248. The highest BCUT2D eigenvalue weighted by Gasteiger charge is 2.03. The molecular weight excluding hydrogens is 150 g/mol. The lowest BCUT2D eigenvalue weighted by Gasteiger charge is -1.79. The number of hydrogen-bond acceptors (Lipinski definition) is 3. The molecule has 0 aromatic carbocycles. The molecule has 0 aliphatic heterocycles. The van der Waals surface area contributed by atoms with Gasteiger partial charge in [-0.25, -0.2) is 0 Å². The number of isothiocyanates is 1. The first-order valence-corrected chi connectivity index (χ1v) is 2.87. The fourth-order valence-corrected chi connectivity index (χ4v) is 0.561. The van der Waals surface area contributed by atoms with Gasteiger partial charge in [0, 0.05) is 6.20 Å². The van der Waals surface area contributed by atoms with E-state index < -0.39 is 5.91 Å². The molecule has 0 spiro atoms. The van der Waals surface area contributed by atoms with Gasteiger partial charge in [-0.15, -0.1) is 0 Å². The number of thiocarbonyl (C=S) groups is 1. The molecule has 1 aromatic rings. The lowest BCUT2D eigenvalue weighted by atomic mass is 10.4. The summed E-state index contributed by atoms with van der Waals surface area (Å²) in [6, 6.07) is 1.51. The summed E-state index contributed by atoms with van der Waals surface area (Å²) >= 11 is 4.23. The number of nitrogens with zero attached hydrogens (tertiary/aromatic N) is 2. The molecule has 1 heterocycles. The summed E-state index contributed by atoms with van der Waals surface area (Å²) < 4.78 is 0. The van der Waals surface area contributed by atoms with Crippen molar-refractivity contribution >= 4 is 23.3 Å². The zero-order valence-electron chi connectivity index (χ0n) is 4.87. The Kier molecular flexibility index (Phi) is 2.04. The maximum absolute atomic E-state index is 10.7. The highest BCUT2D eigenvalue weighted by molar-refractivity contribution is 7.78. The minimum absolute atomic E-state index is 0.248. The van der Waals surface area contributed by atoms with Crippen molar-refractivity contribution in [3.05, 3.63) is 18.0 Å². The standard InChI is InChI=1S/C5H3N3OS/c9-5(6-3-10)4-1-2-7-8-4/h1-2H,(H,7,8). The monoisotopic (exact) mass is 153 g/mol. The van der Waals surface area contributed by atoms with E-state index in [-0.39, 0.29) is 5.69 Å². The molecule has 5 heteroatoms. The highest BCUT2D eigenvalue weighted by Crippen LogP contribution is 1.92. The Balaban J connectivity index is 2.87. The Labute approximate surface area is 62.0 Å². The van der Waals surface area contributed by atoms with Crippen molar-refractivity contribution in [2.75, 3.05) is 0 Å². The maximum Gasteiger partial charge on any atom is 0.306 e. The third-order valence-electron chi connectivity index (χ3n) is 0.867. The fourth-order valence-electron chi connectivity index (χ4n) is 0.478. The van der Waals surface area contributed by atoms with Gasteiger partial charge < -0.3 is 0 Å². The number of hydrogen-bond donors (Lipinski definition) is 1. The number of rotatable bonds is 1. The highest BCUT2D eigenvalue weighted by atomic mass is 32.1. The molecular formula is C5H3N3OS. The predicted molar refractivity (Wildman–Crippen MR) is 37.9 cm³/mol. The number of amides is 1. The van der Waals surface area contributed by atoms with Crippen LogP contribution in [-0.2, 0) is 0 Å². The average molecular weight is 153 g/mol. The van der Waals surface area contributed by atoms with Gasteiger partial charge in [-0.05, 0) is 18.3 Å². The van der Waals surface area contributed by atoms with Crippen molar-refractivity contribution in [2.45, 2.75) is 0 Å². The Hall–Kier alpha value is -1.32. The van der Waals surface area contributed by atoms with Crippen LogP contribution in [-0.4, -0.2) is 21.3 Å². The number of aromatic nitrogens is 2. The van der Waals surface area contributed by atoms with E-state index in [0.717, 1.165) is 0 Å². The topological polar surface area (TPSA) is 58.1 Å².